The molecule has 0 aliphatic carbocycles. The van der Waals surface area contributed by atoms with Gasteiger partial charge in [-0.1, -0.05) is 24.3 Å². The van der Waals surface area contributed by atoms with E-state index in [0.29, 0.717) is 6.54 Å². The fourth-order valence-corrected chi connectivity index (χ4v) is 4.67. The third-order valence-corrected chi connectivity index (χ3v) is 6.51. The van der Waals surface area contributed by atoms with Gasteiger partial charge in [0.1, 0.15) is 5.82 Å². The van der Waals surface area contributed by atoms with Gasteiger partial charge in [0.05, 0.1) is 5.69 Å². The summed E-state index contributed by atoms with van der Waals surface area (Å²) < 4.78 is 1.75. The van der Waals surface area contributed by atoms with Gasteiger partial charge >= 0.3 is 0 Å². The molecule has 5 rings (SSSR count). The van der Waals surface area contributed by atoms with Crippen molar-refractivity contribution in [2.75, 3.05) is 18.4 Å². The minimum absolute atomic E-state index is 0.0258. The lowest BCUT2D eigenvalue weighted by atomic mass is 9.93. The number of fused-ring (bicyclic) bond motifs is 1. The van der Waals surface area contributed by atoms with Gasteiger partial charge in [-0.3, -0.25) is 9.48 Å². The number of likely N-dealkylation sites (tertiary alicyclic amines) is 1. The van der Waals surface area contributed by atoms with Crippen molar-refractivity contribution in [1.82, 2.24) is 24.6 Å². The monoisotopic (exact) mass is 444 g/mol. The van der Waals surface area contributed by atoms with Crippen LogP contribution in [0.2, 0.25) is 0 Å². The molecule has 32 heavy (non-hydrogen) atoms. The van der Waals surface area contributed by atoms with Crippen LogP contribution in [0.15, 0.2) is 60.2 Å². The fourth-order valence-electron chi connectivity index (χ4n) is 4.14. The first kappa shape index (κ1) is 20.4. The number of aromatic nitrogens is 4. The maximum absolute atomic E-state index is 12.8. The summed E-state index contributed by atoms with van der Waals surface area (Å²) in [6.07, 6.45) is 8.94. The van der Waals surface area contributed by atoms with Crippen LogP contribution in [0.1, 0.15) is 30.1 Å². The molecule has 3 aromatic heterocycles. The number of piperidine rings is 1. The smallest absolute Gasteiger partial charge is 0.246 e. The van der Waals surface area contributed by atoms with Crippen molar-refractivity contribution >= 4 is 45.0 Å². The van der Waals surface area contributed by atoms with E-state index >= 15 is 0 Å². The van der Waals surface area contributed by atoms with Crippen LogP contribution in [0.5, 0.6) is 0 Å². The Bertz CT molecular complexity index is 1260. The highest BCUT2D eigenvalue weighted by Gasteiger charge is 2.25. The molecule has 1 aromatic carbocycles. The van der Waals surface area contributed by atoms with Gasteiger partial charge in [0.15, 0.2) is 5.13 Å². The Balaban J connectivity index is 1.39. The topological polar surface area (TPSA) is 75.9 Å². The number of hydrogen-bond acceptors (Lipinski definition) is 6. The number of amides is 1. The van der Waals surface area contributed by atoms with E-state index in [1.807, 2.05) is 41.6 Å². The number of thiazole rings is 1. The Morgan fingerprint density at radius 1 is 1.25 bits per heavy atom. The zero-order chi connectivity index (χ0) is 21.9. The molecular formula is C24H24N6OS. The van der Waals surface area contributed by atoms with Gasteiger partial charge in [0.2, 0.25) is 5.91 Å². The Hall–Kier alpha value is -3.52. The number of aryl methyl sites for hydroxylation is 1. The van der Waals surface area contributed by atoms with Gasteiger partial charge in [-0.05, 0) is 36.4 Å². The Morgan fingerprint density at radius 3 is 2.97 bits per heavy atom. The van der Waals surface area contributed by atoms with Crippen molar-refractivity contribution in [2.45, 2.75) is 18.8 Å². The lowest BCUT2D eigenvalue weighted by Gasteiger charge is -2.32. The van der Waals surface area contributed by atoms with Crippen molar-refractivity contribution in [3.63, 3.8) is 0 Å². The molecule has 8 heteroatoms. The van der Waals surface area contributed by atoms with E-state index in [1.165, 1.54) is 0 Å². The second-order valence-electron chi connectivity index (χ2n) is 7.92. The molecule has 1 fully saturated rings. The van der Waals surface area contributed by atoms with Crippen molar-refractivity contribution in [3.8, 4) is 0 Å². The molecule has 0 spiro atoms. The zero-order valence-electron chi connectivity index (χ0n) is 17.8. The summed E-state index contributed by atoms with van der Waals surface area (Å²) >= 11 is 1.55. The molecule has 4 heterocycles. The molecule has 162 valence electrons. The van der Waals surface area contributed by atoms with Gasteiger partial charge in [0, 0.05) is 61.0 Å². The van der Waals surface area contributed by atoms with E-state index in [9.17, 15) is 4.79 Å². The van der Waals surface area contributed by atoms with Crippen LogP contribution < -0.4 is 5.32 Å². The Kier molecular flexibility index (Phi) is 5.68. The molecule has 1 aliphatic heterocycles. The molecule has 1 amide bonds. The molecule has 1 aliphatic rings. The van der Waals surface area contributed by atoms with E-state index in [2.05, 4.69) is 33.6 Å². The second-order valence-corrected chi connectivity index (χ2v) is 8.81. The van der Waals surface area contributed by atoms with Crippen LogP contribution in [0, 0.1) is 0 Å². The average molecular weight is 445 g/mol. The first-order chi connectivity index (χ1) is 15.7. The maximum Gasteiger partial charge on any atom is 0.246 e. The molecule has 1 atom stereocenters. The van der Waals surface area contributed by atoms with Crippen LogP contribution in [0.25, 0.3) is 16.8 Å². The number of nitrogens with one attached hydrogen (secondary N) is 1. The third kappa shape index (κ3) is 4.27. The lowest BCUT2D eigenvalue weighted by molar-refractivity contribution is -0.127. The summed E-state index contributed by atoms with van der Waals surface area (Å²) in [5.41, 5.74) is 1.91. The minimum atomic E-state index is 0.0258. The standard InChI is InChI=1S/C24H24N6OS/c1-29-19(10-11-26-29)8-9-22(31)30-13-4-6-18(16-30)21-15-17-5-2-3-7-20(17)23(27-21)28-24-25-12-14-32-24/h2-3,5,7-12,14-15,18H,4,6,13,16H2,1H3,(H,25,27,28)/b9-8+/t18-/m0/s1. The Morgan fingerprint density at radius 2 is 2.16 bits per heavy atom. The zero-order valence-corrected chi connectivity index (χ0v) is 18.6. The van der Waals surface area contributed by atoms with Gasteiger partial charge in [-0.25, -0.2) is 9.97 Å². The number of rotatable bonds is 5. The van der Waals surface area contributed by atoms with Crippen molar-refractivity contribution in [3.05, 3.63) is 71.6 Å². The van der Waals surface area contributed by atoms with E-state index in [1.54, 1.807) is 34.5 Å². The van der Waals surface area contributed by atoms with Gasteiger partial charge in [-0.2, -0.15) is 5.10 Å². The van der Waals surface area contributed by atoms with E-state index in [4.69, 9.17) is 4.98 Å². The highest BCUT2D eigenvalue weighted by atomic mass is 32.1. The molecule has 7 nitrogen and oxygen atoms in total. The van der Waals surface area contributed by atoms with Crippen molar-refractivity contribution in [2.24, 2.45) is 7.05 Å². The number of nitrogens with zero attached hydrogens (tertiary/aromatic N) is 5. The van der Waals surface area contributed by atoms with Crippen LogP contribution in [0.4, 0.5) is 10.9 Å². The third-order valence-electron chi connectivity index (χ3n) is 5.82. The quantitative estimate of drug-likeness (QED) is 0.456. The highest BCUT2D eigenvalue weighted by Crippen LogP contribution is 2.32. The fraction of sp³-hybridized carbons (Fsp3) is 0.250. The second kappa shape index (κ2) is 8.92. The molecule has 0 unspecified atom stereocenters. The summed E-state index contributed by atoms with van der Waals surface area (Å²) in [4.78, 5) is 24.1. The summed E-state index contributed by atoms with van der Waals surface area (Å²) in [5.74, 6) is 1.03. The highest BCUT2D eigenvalue weighted by molar-refractivity contribution is 7.13. The molecule has 4 aromatic rings. The minimum Gasteiger partial charge on any atom is -0.338 e. The van der Waals surface area contributed by atoms with E-state index in [0.717, 1.165) is 52.5 Å². The predicted molar refractivity (Wildman–Crippen MR) is 128 cm³/mol. The molecule has 1 N–H and O–H groups in total. The number of carbonyl (C=O) groups is 1. The number of hydrogen-bond donors (Lipinski definition) is 1. The molecule has 0 bridgehead atoms. The summed E-state index contributed by atoms with van der Waals surface area (Å²) in [5, 5.41) is 12.5. The summed E-state index contributed by atoms with van der Waals surface area (Å²) in [6, 6.07) is 12.3. The van der Waals surface area contributed by atoms with Crippen molar-refractivity contribution < 1.29 is 4.79 Å². The van der Waals surface area contributed by atoms with Gasteiger partial charge in [-0.15, -0.1) is 11.3 Å². The lowest BCUT2D eigenvalue weighted by Crippen LogP contribution is -2.38. The van der Waals surface area contributed by atoms with Crippen LogP contribution in [-0.2, 0) is 11.8 Å². The van der Waals surface area contributed by atoms with Gasteiger partial charge in [0.25, 0.3) is 0 Å². The molecule has 0 radical (unpaired) electrons. The molecule has 1 saturated heterocycles. The van der Waals surface area contributed by atoms with Crippen LogP contribution in [0.3, 0.4) is 0 Å². The van der Waals surface area contributed by atoms with Crippen LogP contribution in [-0.4, -0.2) is 43.6 Å². The number of anilines is 2. The average Bonchev–Trinajstić information content (AvgIpc) is 3.49. The normalized spacial score (nSPS) is 16.7. The van der Waals surface area contributed by atoms with E-state index < -0.39 is 0 Å². The number of carbonyl (C=O) groups excluding carboxylic acids is 1. The largest absolute Gasteiger partial charge is 0.338 e. The van der Waals surface area contributed by atoms with Gasteiger partial charge < -0.3 is 10.2 Å². The first-order valence-electron chi connectivity index (χ1n) is 10.7. The Labute approximate surface area is 190 Å². The summed E-state index contributed by atoms with van der Waals surface area (Å²) in [6.45, 7) is 1.43. The number of benzene rings is 1. The first-order valence-corrected chi connectivity index (χ1v) is 11.6. The van der Waals surface area contributed by atoms with Crippen molar-refractivity contribution in [1.29, 1.82) is 0 Å². The maximum atomic E-state index is 12.8. The van der Waals surface area contributed by atoms with E-state index in [-0.39, 0.29) is 11.8 Å². The van der Waals surface area contributed by atoms with Crippen LogP contribution >= 0.6 is 11.3 Å². The summed E-state index contributed by atoms with van der Waals surface area (Å²) in [7, 11) is 1.86. The SMILES string of the molecule is Cn1nccc1/C=C/C(=O)N1CCC[C@H](c2cc3ccccc3c(Nc3nccs3)n2)C1. The molecule has 0 saturated carbocycles. The predicted octanol–water partition coefficient (Wildman–Crippen LogP) is 4.59. The molecular weight excluding hydrogens is 420 g/mol. The number of pyridine rings is 1.